The zero-order chi connectivity index (χ0) is 27.6. The SMILES string of the molecule is CCCN(OCc1ccc(N)cc1)C(=O)C1=Cc2ccc(C(=O)NCC#Cc3ccccc3)cc2N=C(N)C1. The Morgan fingerprint density at radius 1 is 1.05 bits per heavy atom. The standard InChI is InChI=1S/C31H31N5O3/c1-2-17-36(39-21-23-10-14-27(32)15-11-23)31(38)26-18-24-12-13-25(19-28(24)35-29(33)20-26)30(37)34-16-6-9-22-7-4-3-5-8-22/h3-5,7-8,10-15,18-19H,2,16-17,20-21,32H2,1H3,(H2,33,35)(H,34,37). The van der Waals surface area contributed by atoms with Gasteiger partial charge in [0.1, 0.15) is 12.4 Å². The number of nitrogens with one attached hydrogen (secondary N) is 1. The fourth-order valence-electron chi connectivity index (χ4n) is 3.92. The minimum Gasteiger partial charge on any atom is -0.399 e. The molecule has 5 N–H and O–H groups in total. The molecule has 0 aromatic heterocycles. The predicted molar refractivity (Wildman–Crippen MR) is 154 cm³/mol. The van der Waals surface area contributed by atoms with E-state index >= 15 is 0 Å². The Morgan fingerprint density at radius 3 is 2.56 bits per heavy atom. The summed E-state index contributed by atoms with van der Waals surface area (Å²) in [5.74, 6) is 5.67. The van der Waals surface area contributed by atoms with Gasteiger partial charge in [-0.3, -0.25) is 14.4 Å². The van der Waals surface area contributed by atoms with E-state index in [0.717, 1.165) is 17.5 Å². The number of carbonyl (C=O) groups excluding carboxylic acids is 2. The molecule has 2 amide bonds. The molecule has 0 aliphatic carbocycles. The minimum atomic E-state index is -0.280. The second kappa shape index (κ2) is 13.1. The van der Waals surface area contributed by atoms with Gasteiger partial charge in [0.25, 0.3) is 11.8 Å². The normalized spacial score (nSPS) is 12.1. The van der Waals surface area contributed by atoms with Crippen LogP contribution in [0.3, 0.4) is 0 Å². The zero-order valence-electron chi connectivity index (χ0n) is 21.8. The van der Waals surface area contributed by atoms with Crippen molar-refractivity contribution in [3.8, 4) is 11.8 Å². The molecule has 3 aromatic rings. The van der Waals surface area contributed by atoms with Gasteiger partial charge in [-0.2, -0.15) is 0 Å². The van der Waals surface area contributed by atoms with E-state index in [0.29, 0.717) is 34.6 Å². The fourth-order valence-corrected chi connectivity index (χ4v) is 3.92. The number of fused-ring (bicyclic) bond motifs is 1. The van der Waals surface area contributed by atoms with Crippen molar-refractivity contribution in [1.82, 2.24) is 10.4 Å². The van der Waals surface area contributed by atoms with E-state index in [-0.39, 0.29) is 37.2 Å². The lowest BCUT2D eigenvalue weighted by molar-refractivity contribution is -0.187. The quantitative estimate of drug-likeness (QED) is 0.233. The summed E-state index contributed by atoms with van der Waals surface area (Å²) in [6.45, 7) is 2.83. The Labute approximate surface area is 228 Å². The number of hydrogen-bond acceptors (Lipinski definition) is 6. The van der Waals surface area contributed by atoms with Gasteiger partial charge in [0.15, 0.2) is 0 Å². The number of carbonyl (C=O) groups is 2. The zero-order valence-corrected chi connectivity index (χ0v) is 21.8. The summed E-state index contributed by atoms with van der Waals surface area (Å²) in [5, 5.41) is 4.16. The molecular formula is C31H31N5O3. The van der Waals surface area contributed by atoms with Crippen LogP contribution in [0, 0.1) is 11.8 Å². The van der Waals surface area contributed by atoms with Crippen molar-refractivity contribution in [3.05, 3.63) is 101 Å². The van der Waals surface area contributed by atoms with Gasteiger partial charge < -0.3 is 16.8 Å². The summed E-state index contributed by atoms with van der Waals surface area (Å²) in [6.07, 6.45) is 2.63. The molecule has 0 saturated heterocycles. The third kappa shape index (κ3) is 7.57. The first-order chi connectivity index (χ1) is 18.9. The number of nitrogen functional groups attached to an aromatic ring is 1. The summed E-state index contributed by atoms with van der Waals surface area (Å²) in [4.78, 5) is 36.5. The highest BCUT2D eigenvalue weighted by Gasteiger charge is 2.22. The summed E-state index contributed by atoms with van der Waals surface area (Å²) >= 11 is 0. The second-order valence-corrected chi connectivity index (χ2v) is 9.00. The van der Waals surface area contributed by atoms with Crippen LogP contribution < -0.4 is 16.8 Å². The summed E-state index contributed by atoms with van der Waals surface area (Å²) in [5.41, 5.74) is 16.5. The highest BCUT2D eigenvalue weighted by molar-refractivity contribution is 6.05. The Bertz CT molecular complexity index is 1450. The minimum absolute atomic E-state index is 0.162. The number of amidine groups is 1. The molecule has 1 heterocycles. The third-order valence-electron chi connectivity index (χ3n) is 5.90. The first-order valence-corrected chi connectivity index (χ1v) is 12.7. The van der Waals surface area contributed by atoms with Crippen molar-refractivity contribution >= 4 is 35.1 Å². The van der Waals surface area contributed by atoms with Crippen LogP contribution in [0.5, 0.6) is 0 Å². The maximum absolute atomic E-state index is 13.4. The Morgan fingerprint density at radius 2 is 1.82 bits per heavy atom. The second-order valence-electron chi connectivity index (χ2n) is 9.00. The van der Waals surface area contributed by atoms with Crippen LogP contribution in [0.4, 0.5) is 11.4 Å². The molecule has 1 aliphatic rings. The number of amides is 2. The van der Waals surface area contributed by atoms with Crippen molar-refractivity contribution in [1.29, 1.82) is 0 Å². The maximum atomic E-state index is 13.4. The van der Waals surface area contributed by atoms with Crippen LogP contribution in [0.15, 0.2) is 83.4 Å². The molecule has 3 aromatic carbocycles. The Hall–Kier alpha value is -4.87. The van der Waals surface area contributed by atoms with Crippen molar-refractivity contribution < 1.29 is 14.4 Å². The summed E-state index contributed by atoms with van der Waals surface area (Å²) in [7, 11) is 0. The van der Waals surface area contributed by atoms with E-state index in [1.54, 1.807) is 36.4 Å². The Kier molecular flexibility index (Phi) is 9.11. The van der Waals surface area contributed by atoms with Crippen molar-refractivity contribution in [2.45, 2.75) is 26.4 Å². The van der Waals surface area contributed by atoms with Gasteiger partial charge in [0.2, 0.25) is 0 Å². The highest BCUT2D eigenvalue weighted by Crippen LogP contribution is 2.28. The molecule has 0 atom stereocenters. The molecule has 198 valence electrons. The van der Waals surface area contributed by atoms with E-state index in [9.17, 15) is 9.59 Å². The number of hydrogen-bond donors (Lipinski definition) is 3. The summed E-state index contributed by atoms with van der Waals surface area (Å²) < 4.78 is 0. The molecule has 8 nitrogen and oxygen atoms in total. The highest BCUT2D eigenvalue weighted by atomic mass is 16.7. The maximum Gasteiger partial charge on any atom is 0.273 e. The molecule has 39 heavy (non-hydrogen) atoms. The van der Waals surface area contributed by atoms with Crippen molar-refractivity contribution in [2.24, 2.45) is 10.7 Å². The number of anilines is 1. The number of aliphatic imine (C=N–C) groups is 1. The van der Waals surface area contributed by atoms with Crippen molar-refractivity contribution in [2.75, 3.05) is 18.8 Å². The van der Waals surface area contributed by atoms with Crippen LogP contribution in [0.25, 0.3) is 6.08 Å². The lowest BCUT2D eigenvalue weighted by Crippen LogP contribution is -2.34. The first kappa shape index (κ1) is 27.2. The van der Waals surface area contributed by atoms with Crippen LogP contribution in [-0.4, -0.2) is 35.8 Å². The average molecular weight is 522 g/mol. The largest absolute Gasteiger partial charge is 0.399 e. The number of hydroxylamine groups is 2. The molecule has 4 rings (SSSR count). The summed E-state index contributed by atoms with van der Waals surface area (Å²) in [6, 6.07) is 22.0. The van der Waals surface area contributed by atoms with Gasteiger partial charge in [0, 0.05) is 40.9 Å². The molecule has 1 aliphatic heterocycles. The van der Waals surface area contributed by atoms with E-state index in [1.807, 2.05) is 49.4 Å². The number of rotatable bonds is 8. The van der Waals surface area contributed by atoms with Crippen LogP contribution >= 0.6 is 0 Å². The molecule has 8 heteroatoms. The number of benzene rings is 3. The molecule has 0 bridgehead atoms. The molecule has 0 saturated carbocycles. The van der Waals surface area contributed by atoms with Crippen LogP contribution in [0.2, 0.25) is 0 Å². The fraction of sp³-hybridized carbons (Fsp3) is 0.194. The van der Waals surface area contributed by atoms with Crippen LogP contribution in [0.1, 0.15) is 46.8 Å². The number of nitrogens with two attached hydrogens (primary N) is 2. The van der Waals surface area contributed by atoms with E-state index in [4.69, 9.17) is 16.3 Å². The van der Waals surface area contributed by atoms with Gasteiger partial charge in [-0.15, -0.1) is 0 Å². The first-order valence-electron chi connectivity index (χ1n) is 12.7. The third-order valence-corrected chi connectivity index (χ3v) is 5.90. The molecule has 0 unspecified atom stereocenters. The Balaban J connectivity index is 1.46. The lowest BCUT2D eigenvalue weighted by Gasteiger charge is -2.22. The predicted octanol–water partition coefficient (Wildman–Crippen LogP) is 4.20. The van der Waals surface area contributed by atoms with Gasteiger partial charge in [-0.1, -0.05) is 55.2 Å². The van der Waals surface area contributed by atoms with E-state index in [1.165, 1.54) is 5.06 Å². The molecule has 0 spiro atoms. The van der Waals surface area contributed by atoms with E-state index < -0.39 is 0 Å². The topological polar surface area (TPSA) is 123 Å². The average Bonchev–Trinajstić information content (AvgIpc) is 3.11. The molecule has 0 fully saturated rings. The molecule has 0 radical (unpaired) electrons. The molecular weight excluding hydrogens is 490 g/mol. The van der Waals surface area contributed by atoms with E-state index in [2.05, 4.69) is 22.2 Å². The number of nitrogens with zero attached hydrogens (tertiary/aromatic N) is 2. The lowest BCUT2D eigenvalue weighted by atomic mass is 10.0. The van der Waals surface area contributed by atoms with Gasteiger partial charge >= 0.3 is 0 Å². The van der Waals surface area contributed by atoms with Crippen LogP contribution in [-0.2, 0) is 16.2 Å². The van der Waals surface area contributed by atoms with Crippen molar-refractivity contribution in [3.63, 3.8) is 0 Å². The smallest absolute Gasteiger partial charge is 0.273 e. The van der Waals surface area contributed by atoms with Gasteiger partial charge in [-0.25, -0.2) is 10.1 Å². The van der Waals surface area contributed by atoms with Gasteiger partial charge in [-0.05, 0) is 54.5 Å². The van der Waals surface area contributed by atoms with Gasteiger partial charge in [0.05, 0.1) is 12.2 Å². The monoisotopic (exact) mass is 521 g/mol.